The fourth-order valence-corrected chi connectivity index (χ4v) is 3.80. The monoisotopic (exact) mass is 357 g/mol. The van der Waals surface area contributed by atoms with Crippen molar-refractivity contribution in [1.29, 1.82) is 0 Å². The lowest BCUT2D eigenvalue weighted by atomic mass is 10.1. The fourth-order valence-electron chi connectivity index (χ4n) is 2.84. The smallest absolute Gasteiger partial charge is 0.251 e. The molecule has 6 nitrogen and oxygen atoms in total. The van der Waals surface area contributed by atoms with Gasteiger partial charge in [-0.15, -0.1) is 11.3 Å². The lowest BCUT2D eigenvalue weighted by Gasteiger charge is -2.14. The summed E-state index contributed by atoms with van der Waals surface area (Å²) in [5, 5.41) is 3.87. The van der Waals surface area contributed by atoms with Crippen molar-refractivity contribution >= 4 is 34.7 Å². The number of amides is 3. The Balaban J connectivity index is 1.73. The highest BCUT2D eigenvalue weighted by atomic mass is 32.1. The van der Waals surface area contributed by atoms with Crippen LogP contribution < -0.4 is 10.2 Å². The van der Waals surface area contributed by atoms with E-state index >= 15 is 0 Å². The van der Waals surface area contributed by atoms with Crippen LogP contribution in [0.3, 0.4) is 0 Å². The van der Waals surface area contributed by atoms with Crippen LogP contribution in [0.4, 0.5) is 5.69 Å². The van der Waals surface area contributed by atoms with Crippen molar-refractivity contribution in [2.45, 2.75) is 39.7 Å². The number of rotatable bonds is 5. The Morgan fingerprint density at radius 3 is 2.68 bits per heavy atom. The van der Waals surface area contributed by atoms with Crippen LogP contribution >= 0.6 is 11.3 Å². The van der Waals surface area contributed by atoms with Crippen molar-refractivity contribution < 1.29 is 14.4 Å². The molecule has 25 heavy (non-hydrogen) atoms. The van der Waals surface area contributed by atoms with Crippen molar-refractivity contribution in [2.75, 3.05) is 4.90 Å². The van der Waals surface area contributed by atoms with Gasteiger partial charge in [-0.1, -0.05) is 13.0 Å². The molecule has 0 atom stereocenters. The largest absolute Gasteiger partial charge is 0.347 e. The first kappa shape index (κ1) is 17.3. The van der Waals surface area contributed by atoms with E-state index in [-0.39, 0.29) is 30.6 Å². The number of hydrogen-bond donors (Lipinski definition) is 1. The van der Waals surface area contributed by atoms with E-state index in [0.29, 0.717) is 17.8 Å². The first-order valence-electron chi connectivity index (χ1n) is 8.18. The Bertz CT molecular complexity index is 828. The highest BCUT2D eigenvalue weighted by molar-refractivity contribution is 7.11. The van der Waals surface area contributed by atoms with Gasteiger partial charge in [-0.05, 0) is 31.5 Å². The van der Waals surface area contributed by atoms with Gasteiger partial charge in [-0.2, -0.15) is 0 Å². The molecule has 0 saturated carbocycles. The molecule has 1 saturated heterocycles. The number of carbonyl (C=O) groups excluding carboxylic acids is 3. The van der Waals surface area contributed by atoms with E-state index in [0.717, 1.165) is 26.9 Å². The van der Waals surface area contributed by atoms with Gasteiger partial charge in [0.1, 0.15) is 0 Å². The number of nitrogens with zero attached hydrogens (tertiary/aromatic N) is 2. The highest BCUT2D eigenvalue weighted by Crippen LogP contribution is 2.23. The Hall–Kier alpha value is -2.54. The molecule has 1 aliphatic heterocycles. The zero-order valence-electron chi connectivity index (χ0n) is 14.2. The molecule has 1 aliphatic rings. The Morgan fingerprint density at radius 1 is 1.28 bits per heavy atom. The Kier molecular flexibility index (Phi) is 4.94. The van der Waals surface area contributed by atoms with E-state index in [1.54, 1.807) is 35.6 Å². The SMILES string of the molecule is CCc1nc(C)sc1CNC(=O)c1cccc(N2C(=O)CCC2=O)c1. The molecule has 1 N–H and O–H groups in total. The second-order valence-electron chi connectivity index (χ2n) is 5.81. The Labute approximate surface area is 149 Å². The molecule has 1 fully saturated rings. The molecule has 0 unspecified atom stereocenters. The summed E-state index contributed by atoms with van der Waals surface area (Å²) in [4.78, 5) is 42.8. The van der Waals surface area contributed by atoms with E-state index in [9.17, 15) is 14.4 Å². The van der Waals surface area contributed by atoms with Gasteiger partial charge in [0.2, 0.25) is 11.8 Å². The molecule has 3 rings (SSSR count). The number of aryl methyl sites for hydroxylation is 2. The van der Waals surface area contributed by atoms with Crippen LogP contribution in [0, 0.1) is 6.92 Å². The lowest BCUT2D eigenvalue weighted by Crippen LogP contribution is -2.29. The van der Waals surface area contributed by atoms with Crippen molar-refractivity contribution in [3.8, 4) is 0 Å². The molecular formula is C18H19N3O3S. The molecule has 1 aromatic heterocycles. The van der Waals surface area contributed by atoms with Crippen LogP contribution in [0.5, 0.6) is 0 Å². The van der Waals surface area contributed by atoms with Gasteiger partial charge in [0.15, 0.2) is 0 Å². The van der Waals surface area contributed by atoms with Gasteiger partial charge in [-0.3, -0.25) is 19.3 Å². The van der Waals surface area contributed by atoms with E-state index in [1.165, 1.54) is 0 Å². The zero-order chi connectivity index (χ0) is 18.0. The van der Waals surface area contributed by atoms with Crippen molar-refractivity contribution in [1.82, 2.24) is 10.3 Å². The third-order valence-electron chi connectivity index (χ3n) is 4.05. The summed E-state index contributed by atoms with van der Waals surface area (Å²) < 4.78 is 0. The van der Waals surface area contributed by atoms with E-state index < -0.39 is 0 Å². The number of carbonyl (C=O) groups is 3. The van der Waals surface area contributed by atoms with Crippen LogP contribution in [-0.4, -0.2) is 22.7 Å². The van der Waals surface area contributed by atoms with Gasteiger partial charge in [0.05, 0.1) is 22.9 Å². The highest BCUT2D eigenvalue weighted by Gasteiger charge is 2.30. The first-order chi connectivity index (χ1) is 12.0. The molecule has 130 valence electrons. The summed E-state index contributed by atoms with van der Waals surface area (Å²) in [6, 6.07) is 6.59. The van der Waals surface area contributed by atoms with Gasteiger partial charge >= 0.3 is 0 Å². The molecular weight excluding hydrogens is 338 g/mol. The van der Waals surface area contributed by atoms with Crippen LogP contribution in [0.1, 0.15) is 45.7 Å². The van der Waals surface area contributed by atoms with Gasteiger partial charge < -0.3 is 5.32 Å². The maximum absolute atomic E-state index is 12.4. The standard InChI is InChI=1S/C18H19N3O3S/c1-3-14-15(25-11(2)20-14)10-19-18(24)12-5-4-6-13(9-12)21-16(22)7-8-17(21)23/h4-6,9H,3,7-8,10H2,1-2H3,(H,19,24). The molecule has 2 aromatic rings. The number of anilines is 1. The lowest BCUT2D eigenvalue weighted by molar-refractivity contribution is -0.121. The van der Waals surface area contributed by atoms with E-state index in [2.05, 4.69) is 10.3 Å². The number of nitrogens with one attached hydrogen (secondary N) is 1. The molecule has 2 heterocycles. The summed E-state index contributed by atoms with van der Waals surface area (Å²) >= 11 is 1.58. The number of imide groups is 1. The third kappa shape index (κ3) is 3.61. The molecule has 1 aromatic carbocycles. The average molecular weight is 357 g/mol. The predicted molar refractivity (Wildman–Crippen MR) is 95.6 cm³/mol. The second kappa shape index (κ2) is 7.14. The molecule has 7 heteroatoms. The molecule has 0 aliphatic carbocycles. The normalized spacial score (nSPS) is 14.2. The zero-order valence-corrected chi connectivity index (χ0v) is 15.0. The van der Waals surface area contributed by atoms with Crippen LogP contribution in [0.2, 0.25) is 0 Å². The second-order valence-corrected chi connectivity index (χ2v) is 7.10. The van der Waals surface area contributed by atoms with E-state index in [1.807, 2.05) is 13.8 Å². The molecule has 0 spiro atoms. The van der Waals surface area contributed by atoms with Crippen LogP contribution in [0.15, 0.2) is 24.3 Å². The van der Waals surface area contributed by atoms with Crippen molar-refractivity contribution in [2.24, 2.45) is 0 Å². The summed E-state index contributed by atoms with van der Waals surface area (Å²) in [6.07, 6.45) is 1.27. The summed E-state index contributed by atoms with van der Waals surface area (Å²) in [7, 11) is 0. The maximum atomic E-state index is 12.4. The number of thiazole rings is 1. The number of benzene rings is 1. The summed E-state index contributed by atoms with van der Waals surface area (Å²) in [5.41, 5.74) is 1.87. The fraction of sp³-hybridized carbons (Fsp3) is 0.333. The third-order valence-corrected chi connectivity index (χ3v) is 5.06. The molecule has 0 bridgehead atoms. The van der Waals surface area contributed by atoms with Gasteiger partial charge in [-0.25, -0.2) is 4.98 Å². The van der Waals surface area contributed by atoms with Crippen molar-refractivity contribution in [3.63, 3.8) is 0 Å². The minimum Gasteiger partial charge on any atom is -0.347 e. The average Bonchev–Trinajstić information content (AvgIpc) is 3.14. The van der Waals surface area contributed by atoms with Gasteiger partial charge in [0.25, 0.3) is 5.91 Å². The Morgan fingerprint density at radius 2 is 2.00 bits per heavy atom. The maximum Gasteiger partial charge on any atom is 0.251 e. The quantitative estimate of drug-likeness (QED) is 0.834. The van der Waals surface area contributed by atoms with Crippen LogP contribution in [0.25, 0.3) is 0 Å². The summed E-state index contributed by atoms with van der Waals surface area (Å²) in [5.74, 6) is -0.695. The molecule has 3 amide bonds. The van der Waals surface area contributed by atoms with Gasteiger partial charge in [0, 0.05) is 23.3 Å². The van der Waals surface area contributed by atoms with E-state index in [4.69, 9.17) is 0 Å². The topological polar surface area (TPSA) is 79.4 Å². The van der Waals surface area contributed by atoms with Crippen molar-refractivity contribution in [3.05, 3.63) is 45.4 Å². The number of aromatic nitrogens is 1. The first-order valence-corrected chi connectivity index (χ1v) is 9.00. The molecule has 0 radical (unpaired) electrons. The minimum absolute atomic E-state index is 0.222. The van der Waals surface area contributed by atoms with Crippen LogP contribution in [-0.2, 0) is 22.6 Å². The number of hydrogen-bond acceptors (Lipinski definition) is 5. The minimum atomic E-state index is -0.242. The summed E-state index contributed by atoms with van der Waals surface area (Å²) in [6.45, 7) is 4.40. The predicted octanol–water partition coefficient (Wildman–Crippen LogP) is 2.60.